The van der Waals surface area contributed by atoms with Crippen molar-refractivity contribution in [1.29, 1.82) is 0 Å². The number of amides is 1. The lowest BCUT2D eigenvalue weighted by Crippen LogP contribution is -2.30. The van der Waals surface area contributed by atoms with Crippen molar-refractivity contribution in [1.82, 2.24) is 14.9 Å². The molecule has 0 aliphatic carbocycles. The molecule has 0 radical (unpaired) electrons. The third-order valence-corrected chi connectivity index (χ3v) is 3.36. The minimum absolute atomic E-state index is 0.00303. The number of fused-ring (bicyclic) bond motifs is 1. The zero-order valence-electron chi connectivity index (χ0n) is 10.6. The molecule has 0 spiro atoms. The van der Waals surface area contributed by atoms with E-state index in [1.165, 1.54) is 6.33 Å². The van der Waals surface area contributed by atoms with Crippen LogP contribution in [-0.4, -0.2) is 27.4 Å². The van der Waals surface area contributed by atoms with Crippen molar-refractivity contribution in [3.05, 3.63) is 53.1 Å². The van der Waals surface area contributed by atoms with Crippen LogP contribution < -0.4 is 4.74 Å². The number of benzene rings is 1. The number of hydrogen-bond acceptors (Lipinski definition) is 4. The van der Waals surface area contributed by atoms with Crippen LogP contribution in [0, 0.1) is 0 Å². The maximum atomic E-state index is 12.1. The van der Waals surface area contributed by atoms with Gasteiger partial charge in [-0.1, -0.05) is 11.6 Å². The Labute approximate surface area is 121 Å². The summed E-state index contributed by atoms with van der Waals surface area (Å²) in [5.41, 5.74) is 1.90. The first kappa shape index (κ1) is 12.9. The van der Waals surface area contributed by atoms with Gasteiger partial charge in [-0.05, 0) is 24.3 Å². The van der Waals surface area contributed by atoms with Gasteiger partial charge in [0.1, 0.15) is 12.1 Å². The van der Waals surface area contributed by atoms with Crippen molar-refractivity contribution in [3.8, 4) is 5.75 Å². The topological polar surface area (TPSA) is 55.3 Å². The fourth-order valence-electron chi connectivity index (χ4n) is 2.04. The van der Waals surface area contributed by atoms with E-state index in [0.717, 1.165) is 11.3 Å². The Morgan fingerprint density at radius 2 is 2.10 bits per heavy atom. The molecule has 6 heteroatoms. The first-order chi connectivity index (χ1) is 9.72. The van der Waals surface area contributed by atoms with E-state index in [1.807, 2.05) is 0 Å². The van der Waals surface area contributed by atoms with E-state index in [9.17, 15) is 4.79 Å². The maximum absolute atomic E-state index is 12.1. The average molecular weight is 290 g/mol. The van der Waals surface area contributed by atoms with E-state index in [0.29, 0.717) is 23.9 Å². The molecule has 1 aromatic heterocycles. The van der Waals surface area contributed by atoms with Gasteiger partial charge in [-0.3, -0.25) is 4.79 Å². The SMILES string of the molecule is O=C(COc1ccc(Cl)cc1)N1Cc2cncnc2C1. The van der Waals surface area contributed by atoms with Crippen LogP contribution >= 0.6 is 11.6 Å². The predicted octanol–water partition coefficient (Wildman–Crippen LogP) is 2.05. The standard InChI is InChI=1S/C14H12ClN3O2/c15-11-1-3-12(4-2-11)20-8-14(19)18-6-10-5-16-9-17-13(10)7-18/h1-5,9H,6-8H2. The summed E-state index contributed by atoms with van der Waals surface area (Å²) in [6.07, 6.45) is 3.24. The molecule has 0 unspecified atom stereocenters. The fraction of sp³-hybridized carbons (Fsp3) is 0.214. The molecule has 2 aromatic rings. The highest BCUT2D eigenvalue weighted by Crippen LogP contribution is 2.20. The van der Waals surface area contributed by atoms with Crippen LogP contribution in [0.5, 0.6) is 5.75 Å². The molecular formula is C14H12ClN3O2. The van der Waals surface area contributed by atoms with Gasteiger partial charge in [0.25, 0.3) is 5.91 Å². The Morgan fingerprint density at radius 1 is 1.30 bits per heavy atom. The van der Waals surface area contributed by atoms with Crippen molar-refractivity contribution >= 4 is 17.5 Å². The second-order valence-corrected chi connectivity index (χ2v) is 4.92. The number of carbonyl (C=O) groups is 1. The van der Waals surface area contributed by atoms with Crippen LogP contribution in [0.25, 0.3) is 0 Å². The molecule has 1 aromatic carbocycles. The number of rotatable bonds is 3. The first-order valence-corrected chi connectivity index (χ1v) is 6.54. The normalized spacial score (nSPS) is 13.2. The summed E-state index contributed by atoms with van der Waals surface area (Å²) < 4.78 is 5.45. The van der Waals surface area contributed by atoms with Gasteiger partial charge in [-0.25, -0.2) is 9.97 Å². The lowest BCUT2D eigenvalue weighted by Gasteiger charge is -2.15. The van der Waals surface area contributed by atoms with Crippen molar-refractivity contribution in [3.63, 3.8) is 0 Å². The molecule has 102 valence electrons. The minimum atomic E-state index is -0.0713. The van der Waals surface area contributed by atoms with Gasteiger partial charge in [-0.15, -0.1) is 0 Å². The van der Waals surface area contributed by atoms with Crippen LogP contribution in [0.2, 0.25) is 5.02 Å². The van der Waals surface area contributed by atoms with Crippen LogP contribution in [0.4, 0.5) is 0 Å². The van der Waals surface area contributed by atoms with Gasteiger partial charge >= 0.3 is 0 Å². The van der Waals surface area contributed by atoms with E-state index in [2.05, 4.69) is 9.97 Å². The summed E-state index contributed by atoms with van der Waals surface area (Å²) in [6.45, 7) is 1.06. The molecule has 3 rings (SSSR count). The number of nitrogens with zero attached hydrogens (tertiary/aromatic N) is 3. The molecule has 0 saturated heterocycles. The van der Waals surface area contributed by atoms with E-state index >= 15 is 0 Å². The molecule has 1 aliphatic heterocycles. The van der Waals surface area contributed by atoms with Crippen molar-refractivity contribution in [2.24, 2.45) is 0 Å². The molecule has 20 heavy (non-hydrogen) atoms. The Bertz CT molecular complexity index is 606. The van der Waals surface area contributed by atoms with Gasteiger partial charge in [0, 0.05) is 23.3 Å². The molecule has 5 nitrogen and oxygen atoms in total. The summed E-state index contributed by atoms with van der Waals surface area (Å²) in [5, 5.41) is 0.636. The molecule has 0 N–H and O–H groups in total. The lowest BCUT2D eigenvalue weighted by atomic mass is 10.3. The smallest absolute Gasteiger partial charge is 0.261 e. The number of aromatic nitrogens is 2. The molecule has 1 amide bonds. The minimum Gasteiger partial charge on any atom is -0.484 e. The van der Waals surface area contributed by atoms with Crippen LogP contribution in [0.3, 0.4) is 0 Å². The van der Waals surface area contributed by atoms with Crippen LogP contribution in [0.1, 0.15) is 11.3 Å². The number of ether oxygens (including phenoxy) is 1. The zero-order valence-corrected chi connectivity index (χ0v) is 11.4. The van der Waals surface area contributed by atoms with Gasteiger partial charge in [0.15, 0.2) is 6.61 Å². The number of hydrogen-bond donors (Lipinski definition) is 0. The molecule has 0 saturated carbocycles. The molecule has 0 bridgehead atoms. The number of carbonyl (C=O) groups excluding carboxylic acids is 1. The highest BCUT2D eigenvalue weighted by Gasteiger charge is 2.24. The fourth-order valence-corrected chi connectivity index (χ4v) is 2.17. The quantitative estimate of drug-likeness (QED) is 0.868. The van der Waals surface area contributed by atoms with Crippen molar-refractivity contribution < 1.29 is 9.53 Å². The van der Waals surface area contributed by atoms with Gasteiger partial charge in [-0.2, -0.15) is 0 Å². The van der Waals surface area contributed by atoms with Crippen LogP contribution in [0.15, 0.2) is 36.8 Å². The van der Waals surface area contributed by atoms with Gasteiger partial charge in [0.05, 0.1) is 12.2 Å². The van der Waals surface area contributed by atoms with Crippen molar-refractivity contribution in [2.75, 3.05) is 6.61 Å². The Balaban J connectivity index is 1.57. The third-order valence-electron chi connectivity index (χ3n) is 3.11. The summed E-state index contributed by atoms with van der Waals surface area (Å²) in [5.74, 6) is 0.553. The molecule has 1 aliphatic rings. The van der Waals surface area contributed by atoms with Gasteiger partial charge < -0.3 is 9.64 Å². The Kier molecular flexibility index (Phi) is 3.52. The summed E-state index contributed by atoms with van der Waals surface area (Å²) in [7, 11) is 0. The number of halogens is 1. The molecular weight excluding hydrogens is 278 g/mol. The van der Waals surface area contributed by atoms with E-state index in [4.69, 9.17) is 16.3 Å². The second-order valence-electron chi connectivity index (χ2n) is 4.49. The van der Waals surface area contributed by atoms with E-state index in [-0.39, 0.29) is 12.5 Å². The molecule has 2 heterocycles. The van der Waals surface area contributed by atoms with Crippen molar-refractivity contribution in [2.45, 2.75) is 13.1 Å². The zero-order chi connectivity index (χ0) is 13.9. The summed E-state index contributed by atoms with van der Waals surface area (Å²) in [6, 6.07) is 6.92. The highest BCUT2D eigenvalue weighted by atomic mass is 35.5. The van der Waals surface area contributed by atoms with Crippen LogP contribution in [-0.2, 0) is 17.9 Å². The summed E-state index contributed by atoms with van der Waals surface area (Å²) >= 11 is 5.79. The second kappa shape index (κ2) is 5.46. The lowest BCUT2D eigenvalue weighted by molar-refractivity contribution is -0.134. The first-order valence-electron chi connectivity index (χ1n) is 6.16. The monoisotopic (exact) mass is 289 g/mol. The predicted molar refractivity (Wildman–Crippen MR) is 73.2 cm³/mol. The Hall–Kier alpha value is -2.14. The maximum Gasteiger partial charge on any atom is 0.261 e. The Morgan fingerprint density at radius 3 is 2.85 bits per heavy atom. The van der Waals surface area contributed by atoms with E-state index in [1.54, 1.807) is 35.4 Å². The van der Waals surface area contributed by atoms with Gasteiger partial charge in [0.2, 0.25) is 0 Å². The third kappa shape index (κ3) is 2.72. The highest BCUT2D eigenvalue weighted by molar-refractivity contribution is 6.30. The molecule has 0 fully saturated rings. The summed E-state index contributed by atoms with van der Waals surface area (Å²) in [4.78, 5) is 21.9. The largest absolute Gasteiger partial charge is 0.484 e. The van der Waals surface area contributed by atoms with E-state index < -0.39 is 0 Å². The molecule has 0 atom stereocenters. The average Bonchev–Trinajstić information content (AvgIpc) is 2.90.